The molecular weight excluding hydrogens is 920 g/mol. The molecular formula is C48H53IN4O8S. The van der Waals surface area contributed by atoms with Crippen LogP contribution in [0.25, 0.3) is 0 Å². The Morgan fingerprint density at radius 2 is 1.23 bits per heavy atom. The fourth-order valence-corrected chi connectivity index (χ4v) is 9.59. The van der Waals surface area contributed by atoms with Gasteiger partial charge >= 0.3 is 0 Å². The maximum Gasteiger partial charge on any atom is 0.254 e. The molecule has 2 N–H and O–H groups in total. The summed E-state index contributed by atoms with van der Waals surface area (Å²) in [6.07, 6.45) is 0. The summed E-state index contributed by atoms with van der Waals surface area (Å²) in [5.41, 5.74) is 3.61. The highest BCUT2D eigenvalue weighted by Crippen LogP contribution is 2.46. The molecule has 0 saturated carbocycles. The summed E-state index contributed by atoms with van der Waals surface area (Å²) in [6.45, 7) is 7.79. The van der Waals surface area contributed by atoms with Crippen LogP contribution in [0, 0.1) is 8.99 Å². The molecule has 3 heterocycles. The van der Waals surface area contributed by atoms with E-state index >= 15 is 0 Å². The summed E-state index contributed by atoms with van der Waals surface area (Å²) >= 11 is 3.73. The molecule has 4 amide bonds. The Kier molecular flexibility index (Phi) is 15.4. The van der Waals surface area contributed by atoms with Gasteiger partial charge in [0.15, 0.2) is 0 Å². The number of benzene rings is 4. The largest absolute Gasteiger partial charge is 0.497 e. The van der Waals surface area contributed by atoms with Gasteiger partial charge in [-0.25, -0.2) is 0 Å². The summed E-state index contributed by atoms with van der Waals surface area (Å²) in [5.74, 6) is -0.218. The standard InChI is InChI=1S/C24H23IN2O4S.C24H30N2O4/c1-30-11-10-27-22(20-7-4-12-32-20)21(18-9-8-15(25)13-19(18)24(27)29)23(28)26-16-5-3-6-17(14-16)31-2;1-24(2,3)21-20(22(27)25-16-9-8-10-17(15-16)30-5)18-11-6-7-12-19(18)23(28)26(21)13-14-29-4/h3-9,12-14,21-22H,10-11H2,1-2H3,(H,26,28);6-12,15,20-21H,13-14H2,1-5H3,(H,25,27). The predicted molar refractivity (Wildman–Crippen MR) is 250 cm³/mol. The first-order chi connectivity index (χ1) is 29.8. The van der Waals surface area contributed by atoms with Crippen molar-refractivity contribution in [2.45, 2.75) is 44.7 Å². The molecule has 0 spiro atoms. The van der Waals surface area contributed by atoms with Gasteiger partial charge in [0.05, 0.1) is 51.4 Å². The first-order valence-electron chi connectivity index (χ1n) is 20.2. The van der Waals surface area contributed by atoms with Crippen molar-refractivity contribution in [1.29, 1.82) is 0 Å². The number of halogens is 1. The van der Waals surface area contributed by atoms with Crippen molar-refractivity contribution in [2.24, 2.45) is 5.41 Å². The van der Waals surface area contributed by atoms with E-state index in [1.54, 1.807) is 67.8 Å². The molecule has 0 radical (unpaired) electrons. The van der Waals surface area contributed by atoms with Gasteiger partial charge in [0.2, 0.25) is 11.8 Å². The quantitative estimate of drug-likeness (QED) is 0.112. The van der Waals surface area contributed by atoms with Gasteiger partial charge in [0.25, 0.3) is 11.8 Å². The Morgan fingerprint density at radius 1 is 0.661 bits per heavy atom. The van der Waals surface area contributed by atoms with E-state index in [1.165, 1.54) is 0 Å². The van der Waals surface area contributed by atoms with Crippen molar-refractivity contribution in [3.63, 3.8) is 0 Å². The molecule has 12 nitrogen and oxygen atoms in total. The Labute approximate surface area is 381 Å². The number of hydrogen-bond acceptors (Lipinski definition) is 9. The van der Waals surface area contributed by atoms with Crippen molar-refractivity contribution in [3.05, 3.63) is 139 Å². The first-order valence-corrected chi connectivity index (χ1v) is 22.2. The second-order valence-electron chi connectivity index (χ2n) is 16.0. The Hall–Kier alpha value is -5.29. The fourth-order valence-electron chi connectivity index (χ4n) is 8.23. The fraction of sp³-hybridized carbons (Fsp3) is 0.333. The maximum absolute atomic E-state index is 13.7. The van der Waals surface area contributed by atoms with E-state index < -0.39 is 17.9 Å². The monoisotopic (exact) mass is 972 g/mol. The van der Waals surface area contributed by atoms with Gasteiger partial charge in [0.1, 0.15) is 11.5 Å². The second-order valence-corrected chi connectivity index (χ2v) is 18.2. The number of hydrogen-bond donors (Lipinski definition) is 2. The average Bonchev–Trinajstić information content (AvgIpc) is 3.80. The lowest BCUT2D eigenvalue weighted by Crippen LogP contribution is -2.57. The number of methoxy groups -OCH3 is 4. The van der Waals surface area contributed by atoms with E-state index in [2.05, 4.69) is 54.0 Å². The summed E-state index contributed by atoms with van der Waals surface area (Å²) in [4.78, 5) is 58.7. The lowest BCUT2D eigenvalue weighted by molar-refractivity contribution is -0.120. The number of rotatable bonds is 13. The molecule has 5 aromatic rings. The predicted octanol–water partition coefficient (Wildman–Crippen LogP) is 8.86. The third-order valence-corrected chi connectivity index (χ3v) is 12.6. The van der Waals surface area contributed by atoms with Crippen LogP contribution in [-0.2, 0) is 19.1 Å². The van der Waals surface area contributed by atoms with Crippen LogP contribution >= 0.6 is 33.9 Å². The van der Waals surface area contributed by atoms with Gasteiger partial charge < -0.3 is 39.4 Å². The van der Waals surface area contributed by atoms with Crippen molar-refractivity contribution in [1.82, 2.24) is 9.80 Å². The van der Waals surface area contributed by atoms with Crippen LogP contribution < -0.4 is 20.1 Å². The lowest BCUT2D eigenvalue weighted by atomic mass is 9.71. The van der Waals surface area contributed by atoms with Crippen LogP contribution in [0.1, 0.15) is 75.4 Å². The van der Waals surface area contributed by atoms with Gasteiger partial charge in [-0.05, 0) is 93.0 Å². The van der Waals surface area contributed by atoms with Crippen LogP contribution in [0.15, 0.2) is 109 Å². The molecule has 0 aliphatic carbocycles. The topological polar surface area (TPSA) is 136 Å². The maximum atomic E-state index is 13.7. The molecule has 4 atom stereocenters. The van der Waals surface area contributed by atoms with Crippen molar-refractivity contribution in [3.8, 4) is 11.5 Å². The number of carbonyl (C=O) groups is 4. The minimum atomic E-state index is -0.568. The second kappa shape index (κ2) is 20.7. The number of ether oxygens (including phenoxy) is 4. The highest BCUT2D eigenvalue weighted by atomic mass is 127. The molecule has 2 aliphatic heterocycles. The third kappa shape index (κ3) is 10.3. The van der Waals surface area contributed by atoms with E-state index in [4.69, 9.17) is 18.9 Å². The van der Waals surface area contributed by atoms with Crippen molar-refractivity contribution >= 4 is 68.9 Å². The number of amides is 4. The van der Waals surface area contributed by atoms with Crippen LogP contribution in [0.2, 0.25) is 0 Å². The number of carbonyl (C=O) groups excluding carboxylic acids is 4. The number of fused-ring (bicyclic) bond motifs is 2. The van der Waals surface area contributed by atoms with Gasteiger partial charge in [-0.15, -0.1) is 11.3 Å². The van der Waals surface area contributed by atoms with Crippen LogP contribution in [0.5, 0.6) is 11.5 Å². The molecule has 4 unspecified atom stereocenters. The van der Waals surface area contributed by atoms with Crippen molar-refractivity contribution in [2.75, 3.05) is 65.4 Å². The van der Waals surface area contributed by atoms with E-state index in [0.717, 1.165) is 19.6 Å². The minimum absolute atomic E-state index is 0.0620. The Bertz CT molecular complexity index is 2370. The smallest absolute Gasteiger partial charge is 0.254 e. The zero-order valence-electron chi connectivity index (χ0n) is 36.0. The lowest BCUT2D eigenvalue weighted by Gasteiger charge is -2.47. The third-order valence-electron chi connectivity index (χ3n) is 11.0. The van der Waals surface area contributed by atoms with Gasteiger partial charge in [-0.2, -0.15) is 0 Å². The first kappa shape index (κ1) is 46.2. The normalized spacial score (nSPS) is 18.2. The van der Waals surface area contributed by atoms with Crippen LogP contribution in [-0.4, -0.2) is 94.2 Å². The van der Waals surface area contributed by atoms with Gasteiger partial charge in [-0.1, -0.05) is 63.2 Å². The van der Waals surface area contributed by atoms with Crippen LogP contribution in [0.3, 0.4) is 0 Å². The highest BCUT2D eigenvalue weighted by Gasteiger charge is 2.48. The summed E-state index contributed by atoms with van der Waals surface area (Å²) in [6, 6.07) is 30.8. The molecule has 4 aromatic carbocycles. The summed E-state index contributed by atoms with van der Waals surface area (Å²) < 4.78 is 22.0. The van der Waals surface area contributed by atoms with Gasteiger partial charge in [-0.3, -0.25) is 19.2 Å². The zero-order valence-corrected chi connectivity index (χ0v) is 39.0. The zero-order chi connectivity index (χ0) is 44.6. The molecule has 14 heteroatoms. The molecule has 7 rings (SSSR count). The van der Waals surface area contributed by atoms with Crippen molar-refractivity contribution < 1.29 is 38.1 Å². The molecule has 0 saturated heterocycles. The summed E-state index contributed by atoms with van der Waals surface area (Å²) in [7, 11) is 6.40. The molecule has 326 valence electrons. The number of anilines is 2. The molecule has 0 fully saturated rings. The average molecular weight is 973 g/mol. The van der Waals surface area contributed by atoms with E-state index in [1.807, 2.05) is 90.3 Å². The number of nitrogens with one attached hydrogen (secondary N) is 2. The van der Waals surface area contributed by atoms with E-state index in [0.29, 0.717) is 60.3 Å². The van der Waals surface area contributed by atoms with Crippen LogP contribution in [0.4, 0.5) is 11.4 Å². The Balaban J connectivity index is 0.000000207. The number of thiophene rings is 1. The molecule has 1 aromatic heterocycles. The Morgan fingerprint density at radius 3 is 1.79 bits per heavy atom. The molecule has 0 bridgehead atoms. The molecule has 2 aliphatic rings. The minimum Gasteiger partial charge on any atom is -0.497 e. The number of nitrogens with zero attached hydrogens (tertiary/aromatic N) is 2. The summed E-state index contributed by atoms with van der Waals surface area (Å²) in [5, 5.41) is 8.04. The van der Waals surface area contributed by atoms with Gasteiger partial charge in [0, 0.05) is 70.4 Å². The van der Waals surface area contributed by atoms with E-state index in [-0.39, 0.29) is 35.1 Å². The van der Waals surface area contributed by atoms with E-state index in [9.17, 15) is 19.2 Å². The highest BCUT2D eigenvalue weighted by molar-refractivity contribution is 14.1. The SMILES string of the molecule is COCCN1C(=O)c2cc(I)ccc2C(C(=O)Nc2cccc(OC)c2)C1c1cccs1.COCCN1C(=O)c2ccccc2C(C(=O)Nc2cccc(OC)c2)C1C(C)(C)C. The molecule has 62 heavy (non-hydrogen) atoms.